The molecule has 0 aromatic heterocycles. The molecule has 1 aliphatic carbocycles. The third-order valence-electron chi connectivity index (χ3n) is 3.87. The van der Waals surface area contributed by atoms with Gasteiger partial charge in [0.2, 0.25) is 0 Å². The van der Waals surface area contributed by atoms with E-state index >= 15 is 0 Å². The molecule has 2 rings (SSSR count). The van der Waals surface area contributed by atoms with Gasteiger partial charge in [-0.3, -0.25) is 4.79 Å². The summed E-state index contributed by atoms with van der Waals surface area (Å²) in [7, 11) is 3.33. The van der Waals surface area contributed by atoms with Crippen molar-refractivity contribution in [1.82, 2.24) is 4.90 Å². The fraction of sp³-hybridized carbons (Fsp3) is 0.533. The molecule has 2 unspecified atom stereocenters. The number of benzene rings is 1. The first-order valence-electron chi connectivity index (χ1n) is 6.80. The Balaban J connectivity index is 2.10. The Morgan fingerprint density at radius 1 is 1.50 bits per heavy atom. The molecule has 110 valence electrons. The van der Waals surface area contributed by atoms with Gasteiger partial charge in [-0.1, -0.05) is 22.4 Å². The number of ether oxygens (including phenoxy) is 1. The summed E-state index contributed by atoms with van der Waals surface area (Å²) in [5, 5.41) is 9.86. The first-order valence-corrected chi connectivity index (χ1v) is 7.59. The van der Waals surface area contributed by atoms with Gasteiger partial charge in [0.1, 0.15) is 5.75 Å². The quantitative estimate of drug-likeness (QED) is 0.915. The molecule has 5 heteroatoms. The van der Waals surface area contributed by atoms with Crippen LogP contribution in [-0.2, 0) is 0 Å². The maximum absolute atomic E-state index is 12.5. The first kappa shape index (κ1) is 15.3. The molecule has 20 heavy (non-hydrogen) atoms. The zero-order valence-corrected chi connectivity index (χ0v) is 13.4. The van der Waals surface area contributed by atoms with E-state index in [9.17, 15) is 9.90 Å². The Kier molecular flexibility index (Phi) is 5.05. The molecule has 1 amide bonds. The first-order chi connectivity index (χ1) is 9.52. The Morgan fingerprint density at radius 3 is 2.85 bits per heavy atom. The molecule has 1 aromatic carbocycles. The number of aliphatic hydroxyl groups is 1. The van der Waals surface area contributed by atoms with Gasteiger partial charge in [-0.2, -0.15) is 0 Å². The van der Waals surface area contributed by atoms with Gasteiger partial charge in [0.25, 0.3) is 5.91 Å². The molecule has 2 atom stereocenters. The van der Waals surface area contributed by atoms with Crippen LogP contribution in [0.2, 0.25) is 0 Å². The molecule has 0 aliphatic heterocycles. The fourth-order valence-corrected chi connectivity index (χ4v) is 3.05. The molecule has 1 saturated carbocycles. The van der Waals surface area contributed by atoms with Gasteiger partial charge >= 0.3 is 0 Å². The average molecular weight is 342 g/mol. The van der Waals surface area contributed by atoms with E-state index in [-0.39, 0.29) is 17.9 Å². The molecular weight excluding hydrogens is 322 g/mol. The highest BCUT2D eigenvalue weighted by Crippen LogP contribution is 2.28. The minimum Gasteiger partial charge on any atom is -0.496 e. The van der Waals surface area contributed by atoms with Gasteiger partial charge < -0.3 is 14.7 Å². The number of rotatable bonds is 4. The summed E-state index contributed by atoms with van der Waals surface area (Å²) in [5.74, 6) is 0.669. The number of methoxy groups -OCH3 is 1. The summed E-state index contributed by atoms with van der Waals surface area (Å²) in [6.07, 6.45) is 2.58. The van der Waals surface area contributed by atoms with E-state index in [1.165, 1.54) is 0 Å². The summed E-state index contributed by atoms with van der Waals surface area (Å²) in [5.41, 5.74) is 0.547. The van der Waals surface area contributed by atoms with Crippen LogP contribution >= 0.6 is 15.9 Å². The van der Waals surface area contributed by atoms with Crippen molar-refractivity contribution in [2.45, 2.75) is 25.4 Å². The van der Waals surface area contributed by atoms with Crippen molar-refractivity contribution in [2.75, 3.05) is 20.7 Å². The van der Waals surface area contributed by atoms with Crippen molar-refractivity contribution in [2.24, 2.45) is 5.92 Å². The monoisotopic (exact) mass is 341 g/mol. The van der Waals surface area contributed by atoms with Crippen molar-refractivity contribution in [3.05, 3.63) is 28.2 Å². The maximum Gasteiger partial charge on any atom is 0.257 e. The van der Waals surface area contributed by atoms with E-state index in [0.29, 0.717) is 17.9 Å². The van der Waals surface area contributed by atoms with Crippen molar-refractivity contribution in [3.8, 4) is 5.75 Å². The SMILES string of the molecule is COc1cc(Br)ccc1C(=O)N(C)CC1CCCC1O. The summed E-state index contributed by atoms with van der Waals surface area (Å²) in [6.45, 7) is 0.583. The normalized spacial score (nSPS) is 21.8. The lowest BCUT2D eigenvalue weighted by Gasteiger charge is -2.24. The Labute approximate surface area is 127 Å². The second kappa shape index (κ2) is 6.59. The maximum atomic E-state index is 12.5. The predicted octanol–water partition coefficient (Wildman–Crippen LogP) is 2.69. The van der Waals surface area contributed by atoms with E-state index in [2.05, 4.69) is 15.9 Å². The molecule has 0 saturated heterocycles. The molecule has 0 spiro atoms. The minimum absolute atomic E-state index is 0.0755. The summed E-state index contributed by atoms with van der Waals surface area (Å²) in [6, 6.07) is 5.37. The Morgan fingerprint density at radius 2 is 2.25 bits per heavy atom. The van der Waals surface area contributed by atoms with Gasteiger partial charge in [0, 0.05) is 24.0 Å². The van der Waals surface area contributed by atoms with E-state index in [1.807, 2.05) is 6.07 Å². The lowest BCUT2D eigenvalue weighted by atomic mass is 10.0. The van der Waals surface area contributed by atoms with Crippen molar-refractivity contribution >= 4 is 21.8 Å². The van der Waals surface area contributed by atoms with Gasteiger partial charge in [-0.25, -0.2) is 0 Å². The van der Waals surface area contributed by atoms with Gasteiger partial charge in [0.15, 0.2) is 0 Å². The summed E-state index contributed by atoms with van der Waals surface area (Å²) >= 11 is 3.36. The Hall–Kier alpha value is -1.07. The van der Waals surface area contributed by atoms with Crippen molar-refractivity contribution < 1.29 is 14.6 Å². The van der Waals surface area contributed by atoms with Crippen LogP contribution < -0.4 is 4.74 Å². The molecule has 0 heterocycles. The third-order valence-corrected chi connectivity index (χ3v) is 4.36. The van der Waals surface area contributed by atoms with E-state index < -0.39 is 0 Å². The van der Waals surface area contributed by atoms with Crippen LogP contribution in [0.3, 0.4) is 0 Å². The topological polar surface area (TPSA) is 49.8 Å². The van der Waals surface area contributed by atoms with Crippen LogP contribution in [0.25, 0.3) is 0 Å². The summed E-state index contributed by atoms with van der Waals surface area (Å²) in [4.78, 5) is 14.2. The van der Waals surface area contributed by atoms with Gasteiger partial charge in [-0.05, 0) is 31.0 Å². The van der Waals surface area contributed by atoms with Gasteiger partial charge in [-0.15, -0.1) is 0 Å². The van der Waals surface area contributed by atoms with E-state index in [4.69, 9.17) is 4.74 Å². The molecule has 1 aromatic rings. The number of amides is 1. The minimum atomic E-state index is -0.280. The number of nitrogens with zero attached hydrogens (tertiary/aromatic N) is 1. The summed E-state index contributed by atoms with van der Waals surface area (Å²) < 4.78 is 6.14. The molecular formula is C15H20BrNO3. The van der Waals surface area contributed by atoms with Crippen LogP contribution in [0.5, 0.6) is 5.75 Å². The highest BCUT2D eigenvalue weighted by atomic mass is 79.9. The largest absolute Gasteiger partial charge is 0.496 e. The predicted molar refractivity (Wildman–Crippen MR) is 81.0 cm³/mol. The van der Waals surface area contributed by atoms with Crippen molar-refractivity contribution in [3.63, 3.8) is 0 Å². The number of halogens is 1. The number of carbonyl (C=O) groups excluding carboxylic acids is 1. The smallest absolute Gasteiger partial charge is 0.257 e. The van der Waals surface area contributed by atoms with E-state index in [0.717, 1.165) is 23.7 Å². The number of carbonyl (C=O) groups is 1. The number of aliphatic hydroxyl groups excluding tert-OH is 1. The second-order valence-corrected chi connectivity index (χ2v) is 6.20. The standard InChI is InChI=1S/C15H20BrNO3/c1-17(9-10-4-3-5-13(10)18)15(19)12-7-6-11(16)8-14(12)20-2/h6-8,10,13,18H,3-5,9H2,1-2H3. The third kappa shape index (κ3) is 3.33. The van der Waals surface area contributed by atoms with Gasteiger partial charge in [0.05, 0.1) is 18.8 Å². The lowest BCUT2D eigenvalue weighted by Crippen LogP contribution is -2.34. The molecule has 1 aliphatic rings. The fourth-order valence-electron chi connectivity index (χ4n) is 2.71. The van der Waals surface area contributed by atoms with Crippen LogP contribution in [0.4, 0.5) is 0 Å². The van der Waals surface area contributed by atoms with Crippen LogP contribution in [0.15, 0.2) is 22.7 Å². The number of hydrogen-bond donors (Lipinski definition) is 1. The van der Waals surface area contributed by atoms with E-state index in [1.54, 1.807) is 31.2 Å². The van der Waals surface area contributed by atoms with Crippen LogP contribution in [0.1, 0.15) is 29.6 Å². The molecule has 1 fully saturated rings. The average Bonchev–Trinajstić information content (AvgIpc) is 2.83. The lowest BCUT2D eigenvalue weighted by molar-refractivity contribution is 0.0690. The molecule has 0 bridgehead atoms. The second-order valence-electron chi connectivity index (χ2n) is 5.29. The van der Waals surface area contributed by atoms with Crippen LogP contribution in [0, 0.1) is 5.92 Å². The molecule has 0 radical (unpaired) electrons. The molecule has 4 nitrogen and oxygen atoms in total. The highest BCUT2D eigenvalue weighted by Gasteiger charge is 2.28. The molecule has 1 N–H and O–H groups in total. The van der Waals surface area contributed by atoms with Crippen molar-refractivity contribution in [1.29, 1.82) is 0 Å². The highest BCUT2D eigenvalue weighted by molar-refractivity contribution is 9.10. The zero-order valence-electron chi connectivity index (χ0n) is 11.8. The zero-order chi connectivity index (χ0) is 14.7. The Bertz CT molecular complexity index is 492. The number of hydrogen-bond acceptors (Lipinski definition) is 3. The van der Waals surface area contributed by atoms with Crippen LogP contribution in [-0.4, -0.2) is 42.7 Å².